The highest BCUT2D eigenvalue weighted by atomic mass is 19.1. The number of aliphatic hydroxyl groups is 1. The van der Waals surface area contributed by atoms with Crippen molar-refractivity contribution in [3.63, 3.8) is 0 Å². The van der Waals surface area contributed by atoms with Crippen LogP contribution in [0.25, 0.3) is 5.69 Å². The van der Waals surface area contributed by atoms with Gasteiger partial charge < -0.3 is 5.11 Å². The van der Waals surface area contributed by atoms with Crippen molar-refractivity contribution in [2.45, 2.75) is 50.5 Å². The molecule has 158 valence electrons. The van der Waals surface area contributed by atoms with E-state index in [-0.39, 0.29) is 24.1 Å². The zero-order valence-corrected chi connectivity index (χ0v) is 17.3. The van der Waals surface area contributed by atoms with E-state index in [1.54, 1.807) is 29.9 Å². The fraction of sp³-hybridized carbons (Fsp3) is 0.333. The molecule has 6 nitrogen and oxygen atoms in total. The third kappa shape index (κ3) is 4.12. The second-order valence-corrected chi connectivity index (χ2v) is 8.11. The second-order valence-electron chi connectivity index (χ2n) is 8.11. The van der Waals surface area contributed by atoms with E-state index in [0.29, 0.717) is 48.3 Å². The van der Waals surface area contributed by atoms with Crippen molar-refractivity contribution in [1.29, 1.82) is 5.26 Å². The Kier molecular flexibility index (Phi) is 5.66. The van der Waals surface area contributed by atoms with Gasteiger partial charge in [0.05, 0.1) is 46.4 Å². The molecule has 1 aromatic carbocycles. The molecule has 0 amide bonds. The van der Waals surface area contributed by atoms with Crippen molar-refractivity contribution in [2.75, 3.05) is 0 Å². The zero-order chi connectivity index (χ0) is 22.0. The highest BCUT2D eigenvalue weighted by molar-refractivity contribution is 5.98. The molecule has 0 unspecified atom stereocenters. The number of hydrogen-bond donors (Lipinski definition) is 1. The van der Waals surface area contributed by atoms with Crippen LogP contribution in [-0.2, 0) is 11.8 Å². The Hall–Kier alpha value is -3.37. The molecule has 0 bridgehead atoms. The maximum atomic E-state index is 13.2. The van der Waals surface area contributed by atoms with Gasteiger partial charge >= 0.3 is 0 Å². The molecule has 1 fully saturated rings. The van der Waals surface area contributed by atoms with Crippen LogP contribution in [0.3, 0.4) is 0 Å². The van der Waals surface area contributed by atoms with E-state index in [2.05, 4.69) is 16.2 Å². The summed E-state index contributed by atoms with van der Waals surface area (Å²) in [6, 6.07) is 12.0. The summed E-state index contributed by atoms with van der Waals surface area (Å²) < 4.78 is 14.8. The number of carbonyl (C=O) groups excluding carboxylic acids is 1. The van der Waals surface area contributed by atoms with Crippen LogP contribution in [0, 0.1) is 24.1 Å². The van der Waals surface area contributed by atoms with E-state index in [4.69, 9.17) is 0 Å². The average Bonchev–Trinajstić information content (AvgIpc) is 3.17. The van der Waals surface area contributed by atoms with Crippen LogP contribution < -0.4 is 0 Å². The summed E-state index contributed by atoms with van der Waals surface area (Å²) >= 11 is 0. The molecule has 4 rings (SSSR count). The lowest BCUT2D eigenvalue weighted by Crippen LogP contribution is -2.33. The third-order valence-corrected chi connectivity index (χ3v) is 6.08. The number of nitrogens with zero attached hydrogens (tertiary/aromatic N) is 4. The van der Waals surface area contributed by atoms with Gasteiger partial charge in [-0.2, -0.15) is 10.4 Å². The van der Waals surface area contributed by atoms with Crippen LogP contribution >= 0.6 is 0 Å². The van der Waals surface area contributed by atoms with Gasteiger partial charge in [-0.05, 0) is 68.5 Å². The van der Waals surface area contributed by atoms with Gasteiger partial charge in [-0.25, -0.2) is 9.07 Å². The van der Waals surface area contributed by atoms with Crippen LogP contribution in [-0.4, -0.2) is 31.8 Å². The normalized spacial score (nSPS) is 20.9. The quantitative estimate of drug-likeness (QED) is 0.636. The molecule has 1 aliphatic carbocycles. The van der Waals surface area contributed by atoms with E-state index in [9.17, 15) is 19.6 Å². The first-order valence-corrected chi connectivity index (χ1v) is 10.3. The molecule has 1 N–H and O–H groups in total. The van der Waals surface area contributed by atoms with Crippen LogP contribution in [0.5, 0.6) is 0 Å². The van der Waals surface area contributed by atoms with Crippen molar-refractivity contribution in [3.05, 3.63) is 77.1 Å². The number of aliphatic hydroxyl groups excluding tert-OH is 1. The van der Waals surface area contributed by atoms with E-state index in [1.165, 1.54) is 18.3 Å². The van der Waals surface area contributed by atoms with E-state index >= 15 is 0 Å². The van der Waals surface area contributed by atoms with Gasteiger partial charge in [0.15, 0.2) is 5.78 Å². The Morgan fingerprint density at radius 2 is 1.94 bits per heavy atom. The predicted molar refractivity (Wildman–Crippen MR) is 112 cm³/mol. The van der Waals surface area contributed by atoms with Crippen LogP contribution in [0.1, 0.15) is 53.0 Å². The van der Waals surface area contributed by atoms with Gasteiger partial charge in [-0.1, -0.05) is 6.07 Å². The lowest BCUT2D eigenvalue weighted by molar-refractivity contribution is 0.0991. The van der Waals surface area contributed by atoms with Gasteiger partial charge in [0, 0.05) is 12.6 Å². The highest BCUT2D eigenvalue weighted by Gasteiger charge is 2.37. The third-order valence-electron chi connectivity index (χ3n) is 6.08. The number of nitriles is 1. The minimum atomic E-state index is -0.672. The average molecular weight is 418 g/mol. The van der Waals surface area contributed by atoms with E-state index in [0.717, 1.165) is 5.56 Å². The van der Waals surface area contributed by atoms with Gasteiger partial charge in [0.2, 0.25) is 0 Å². The number of aromatic nitrogens is 3. The van der Waals surface area contributed by atoms with Crippen molar-refractivity contribution >= 4 is 5.78 Å². The number of carbonyl (C=O) groups is 1. The van der Waals surface area contributed by atoms with Crippen LogP contribution in [0.15, 0.2) is 48.8 Å². The number of benzene rings is 1. The molecule has 3 aromatic rings. The van der Waals surface area contributed by atoms with Gasteiger partial charge in [-0.3, -0.25) is 9.78 Å². The fourth-order valence-electron chi connectivity index (χ4n) is 4.14. The van der Waals surface area contributed by atoms with Crippen molar-refractivity contribution < 1.29 is 14.3 Å². The first-order chi connectivity index (χ1) is 14.9. The number of pyridine rings is 1. The summed E-state index contributed by atoms with van der Waals surface area (Å²) in [4.78, 5) is 17.3. The minimum absolute atomic E-state index is 0.0869. The number of rotatable bonds is 5. The minimum Gasteiger partial charge on any atom is -0.393 e. The molecule has 0 saturated heterocycles. The molecule has 0 aliphatic heterocycles. The molecule has 1 saturated carbocycles. The lowest BCUT2D eigenvalue weighted by atomic mass is 9.72. The molecule has 2 heterocycles. The lowest BCUT2D eigenvalue weighted by Gasteiger charge is -2.32. The Morgan fingerprint density at radius 1 is 1.23 bits per heavy atom. The first kappa shape index (κ1) is 20.9. The standard InChI is InChI=1S/C24H23FN4O2/c1-16-21(14-28-29(16)19-5-3-18(25)4-6-19)22(31)12-17-2-7-23(27-13-17)24(15-26)10-8-20(30)9-11-24/h2-7,13-14,20,30H,8-12H2,1H3. The zero-order valence-electron chi connectivity index (χ0n) is 17.3. The Balaban J connectivity index is 1.49. The number of hydrogen-bond acceptors (Lipinski definition) is 5. The Morgan fingerprint density at radius 3 is 2.55 bits per heavy atom. The highest BCUT2D eigenvalue weighted by Crippen LogP contribution is 2.38. The van der Waals surface area contributed by atoms with Crippen LogP contribution in [0.4, 0.5) is 4.39 Å². The SMILES string of the molecule is Cc1c(C(=O)Cc2ccc(C3(C#N)CCC(O)CC3)nc2)cnn1-c1ccc(F)cc1. The maximum absolute atomic E-state index is 13.2. The van der Waals surface area contributed by atoms with Crippen molar-refractivity contribution in [1.82, 2.24) is 14.8 Å². The van der Waals surface area contributed by atoms with Crippen molar-refractivity contribution in [2.24, 2.45) is 0 Å². The number of Topliss-reactive ketones (excluding diaryl/α,β-unsaturated/α-hetero) is 1. The molecule has 1 aliphatic rings. The Labute approximate surface area is 180 Å². The molecular weight excluding hydrogens is 395 g/mol. The van der Waals surface area contributed by atoms with Crippen LogP contribution in [0.2, 0.25) is 0 Å². The monoisotopic (exact) mass is 418 g/mol. The topological polar surface area (TPSA) is 91.8 Å². The number of halogens is 1. The van der Waals surface area contributed by atoms with Gasteiger partial charge in [0.25, 0.3) is 0 Å². The fourth-order valence-corrected chi connectivity index (χ4v) is 4.14. The molecule has 31 heavy (non-hydrogen) atoms. The second kappa shape index (κ2) is 8.40. The summed E-state index contributed by atoms with van der Waals surface area (Å²) in [5.41, 5.74) is 2.65. The molecular formula is C24H23FN4O2. The predicted octanol–water partition coefficient (Wildman–Crippen LogP) is 3.84. The molecule has 0 spiro atoms. The summed E-state index contributed by atoms with van der Waals surface area (Å²) in [6.07, 6.45) is 5.34. The van der Waals surface area contributed by atoms with Gasteiger partial charge in [0.1, 0.15) is 5.82 Å². The summed E-state index contributed by atoms with van der Waals surface area (Å²) in [5, 5.41) is 23.8. The van der Waals surface area contributed by atoms with E-state index < -0.39 is 5.41 Å². The van der Waals surface area contributed by atoms with Crippen molar-refractivity contribution in [3.8, 4) is 11.8 Å². The molecule has 2 aromatic heterocycles. The summed E-state index contributed by atoms with van der Waals surface area (Å²) in [7, 11) is 0. The smallest absolute Gasteiger partial charge is 0.170 e. The first-order valence-electron chi connectivity index (χ1n) is 10.3. The number of ketones is 1. The van der Waals surface area contributed by atoms with E-state index in [1.807, 2.05) is 12.1 Å². The molecule has 0 atom stereocenters. The van der Waals surface area contributed by atoms with Gasteiger partial charge in [-0.15, -0.1) is 0 Å². The largest absolute Gasteiger partial charge is 0.393 e. The molecule has 0 radical (unpaired) electrons. The Bertz CT molecular complexity index is 1120. The maximum Gasteiger partial charge on any atom is 0.170 e. The summed E-state index contributed by atoms with van der Waals surface area (Å²) in [6.45, 7) is 1.80. The molecule has 7 heteroatoms. The summed E-state index contributed by atoms with van der Waals surface area (Å²) in [5.74, 6) is -0.417.